The molecule has 0 aromatic carbocycles. The monoisotopic (exact) mass is 444 g/mol. The number of rotatable bonds is 4. The second-order valence-corrected chi connectivity index (χ2v) is 8.19. The number of nitrogens with zero attached hydrogens (tertiary/aromatic N) is 7. The average Bonchev–Trinajstić information content (AvgIpc) is 3.47. The number of alkyl halides is 3. The van der Waals surface area contributed by atoms with E-state index in [2.05, 4.69) is 32.2 Å². The lowest BCUT2D eigenvalue weighted by Gasteiger charge is -2.36. The highest BCUT2D eigenvalue weighted by molar-refractivity contribution is 5.99. The maximum atomic E-state index is 13.5. The molecule has 1 aliphatic heterocycles. The lowest BCUT2D eigenvalue weighted by atomic mass is 10.0. The van der Waals surface area contributed by atoms with Crippen LogP contribution in [0.5, 0.6) is 0 Å². The standard InChI is InChI=1S/C21H23F3N8/c1-13-5-3-4-10-31(13)17-11-15(16-7-9-26-30(16)2)27-19-18(14-6-8-25-28-14)29-32(20(17)19)12-21(22,23)24/h6-9,11,13H,3-5,10,12H2,1-2H3,(H,25,28). The van der Waals surface area contributed by atoms with E-state index in [1.54, 1.807) is 23.1 Å². The second kappa shape index (κ2) is 7.64. The Morgan fingerprint density at radius 2 is 2.03 bits per heavy atom. The second-order valence-electron chi connectivity index (χ2n) is 8.19. The minimum atomic E-state index is -4.42. The quantitative estimate of drug-likeness (QED) is 0.511. The molecule has 1 fully saturated rings. The van der Waals surface area contributed by atoms with Crippen molar-refractivity contribution in [3.05, 3.63) is 30.6 Å². The molecule has 5 heterocycles. The highest BCUT2D eigenvalue weighted by Gasteiger charge is 2.33. The third-order valence-electron chi connectivity index (χ3n) is 5.96. The van der Waals surface area contributed by atoms with Gasteiger partial charge >= 0.3 is 6.18 Å². The van der Waals surface area contributed by atoms with Crippen LogP contribution in [0.2, 0.25) is 0 Å². The molecule has 8 nitrogen and oxygen atoms in total. The number of aromatic nitrogens is 7. The molecule has 5 rings (SSSR count). The minimum Gasteiger partial charge on any atom is -0.367 e. The van der Waals surface area contributed by atoms with Gasteiger partial charge in [-0.1, -0.05) is 0 Å². The fourth-order valence-corrected chi connectivity index (χ4v) is 4.45. The van der Waals surface area contributed by atoms with Crippen molar-refractivity contribution in [3.63, 3.8) is 0 Å². The molecule has 1 aliphatic rings. The molecule has 1 N–H and O–H groups in total. The molecule has 0 spiro atoms. The molecular weight excluding hydrogens is 421 g/mol. The molecule has 1 atom stereocenters. The molecule has 32 heavy (non-hydrogen) atoms. The smallest absolute Gasteiger partial charge is 0.367 e. The number of halogens is 3. The van der Waals surface area contributed by atoms with Crippen LogP contribution in [-0.4, -0.2) is 53.5 Å². The third kappa shape index (κ3) is 3.61. The molecule has 1 unspecified atom stereocenters. The molecule has 11 heteroatoms. The van der Waals surface area contributed by atoms with Gasteiger partial charge in [0.05, 0.1) is 22.8 Å². The summed E-state index contributed by atoms with van der Waals surface area (Å²) in [5.41, 5.74) is 3.77. The van der Waals surface area contributed by atoms with Crippen LogP contribution in [0, 0.1) is 0 Å². The first-order valence-corrected chi connectivity index (χ1v) is 10.5. The van der Waals surface area contributed by atoms with Crippen LogP contribution in [-0.2, 0) is 13.6 Å². The number of aromatic amines is 1. The summed E-state index contributed by atoms with van der Waals surface area (Å²) in [5, 5.41) is 15.4. The highest BCUT2D eigenvalue weighted by Crippen LogP contribution is 2.38. The lowest BCUT2D eigenvalue weighted by molar-refractivity contribution is -0.141. The Kier molecular flexibility index (Phi) is 4.90. The van der Waals surface area contributed by atoms with Crippen molar-refractivity contribution in [2.24, 2.45) is 7.05 Å². The molecule has 168 valence electrons. The van der Waals surface area contributed by atoms with E-state index in [4.69, 9.17) is 4.98 Å². The topological polar surface area (TPSA) is 80.5 Å². The van der Waals surface area contributed by atoms with Gasteiger partial charge in [0, 0.05) is 32.0 Å². The van der Waals surface area contributed by atoms with Crippen LogP contribution in [0.3, 0.4) is 0 Å². The first-order valence-electron chi connectivity index (χ1n) is 10.5. The molecule has 0 amide bonds. The first kappa shape index (κ1) is 20.5. The largest absolute Gasteiger partial charge is 0.408 e. The molecule has 4 aromatic heterocycles. The Labute approximate surface area is 182 Å². The summed E-state index contributed by atoms with van der Waals surface area (Å²) in [4.78, 5) is 6.96. The minimum absolute atomic E-state index is 0.193. The molecule has 1 saturated heterocycles. The Balaban J connectivity index is 1.82. The van der Waals surface area contributed by atoms with E-state index < -0.39 is 12.7 Å². The Morgan fingerprint density at radius 3 is 2.69 bits per heavy atom. The number of piperidine rings is 1. The molecular formula is C21H23F3N8. The maximum Gasteiger partial charge on any atom is 0.408 e. The number of nitrogens with one attached hydrogen (secondary N) is 1. The van der Waals surface area contributed by atoms with Crippen molar-refractivity contribution in [2.75, 3.05) is 11.4 Å². The highest BCUT2D eigenvalue weighted by atomic mass is 19.4. The molecule has 0 radical (unpaired) electrons. The number of hydrogen-bond acceptors (Lipinski definition) is 5. The van der Waals surface area contributed by atoms with Crippen LogP contribution in [0.15, 0.2) is 30.6 Å². The van der Waals surface area contributed by atoms with Gasteiger partial charge < -0.3 is 4.90 Å². The average molecular weight is 444 g/mol. The molecule has 4 aromatic rings. The van der Waals surface area contributed by atoms with E-state index in [9.17, 15) is 13.2 Å². The summed E-state index contributed by atoms with van der Waals surface area (Å²) in [7, 11) is 1.81. The Morgan fingerprint density at radius 1 is 1.19 bits per heavy atom. The predicted octanol–water partition coefficient (Wildman–Crippen LogP) is 4.16. The van der Waals surface area contributed by atoms with Gasteiger partial charge in [0.2, 0.25) is 0 Å². The number of aryl methyl sites for hydroxylation is 1. The van der Waals surface area contributed by atoms with Gasteiger partial charge in [0.25, 0.3) is 0 Å². The van der Waals surface area contributed by atoms with Gasteiger partial charge in [-0.05, 0) is 44.4 Å². The third-order valence-corrected chi connectivity index (χ3v) is 5.96. The van der Waals surface area contributed by atoms with Crippen LogP contribution in [0.4, 0.5) is 18.9 Å². The Hall–Kier alpha value is -3.37. The van der Waals surface area contributed by atoms with Gasteiger partial charge in [-0.25, -0.2) is 4.98 Å². The van der Waals surface area contributed by atoms with Gasteiger partial charge in [-0.15, -0.1) is 0 Å². The fourth-order valence-electron chi connectivity index (χ4n) is 4.45. The number of pyridine rings is 1. The van der Waals surface area contributed by atoms with E-state index >= 15 is 0 Å². The van der Waals surface area contributed by atoms with Crippen LogP contribution >= 0.6 is 0 Å². The Bertz CT molecular complexity index is 1240. The van der Waals surface area contributed by atoms with Crippen molar-refractivity contribution in [3.8, 4) is 22.8 Å². The molecule has 0 saturated carbocycles. The van der Waals surface area contributed by atoms with Gasteiger partial charge in [0.15, 0.2) is 0 Å². The van der Waals surface area contributed by atoms with Crippen LogP contribution < -0.4 is 4.90 Å². The molecule has 0 aliphatic carbocycles. The number of fused-ring (bicyclic) bond motifs is 1. The van der Waals surface area contributed by atoms with E-state index in [1.807, 2.05) is 19.2 Å². The van der Waals surface area contributed by atoms with Crippen molar-refractivity contribution < 1.29 is 13.2 Å². The summed E-state index contributed by atoms with van der Waals surface area (Å²) in [5.74, 6) is 0. The van der Waals surface area contributed by atoms with Crippen molar-refractivity contribution in [1.29, 1.82) is 0 Å². The van der Waals surface area contributed by atoms with Gasteiger partial charge in [-0.2, -0.15) is 28.5 Å². The molecule has 0 bridgehead atoms. The van der Waals surface area contributed by atoms with E-state index in [1.165, 1.54) is 0 Å². The number of hydrogen-bond donors (Lipinski definition) is 1. The lowest BCUT2D eigenvalue weighted by Crippen LogP contribution is -2.38. The van der Waals surface area contributed by atoms with Gasteiger partial charge in [0.1, 0.15) is 23.3 Å². The SMILES string of the molecule is CC1CCCCN1c1cc(-c2ccnn2C)nc2c(-c3ccn[nH]3)nn(CC(F)(F)F)c12. The van der Waals surface area contributed by atoms with Crippen molar-refractivity contribution in [2.45, 2.75) is 44.9 Å². The summed E-state index contributed by atoms with van der Waals surface area (Å²) < 4.78 is 43.2. The van der Waals surface area contributed by atoms with E-state index in [0.717, 1.165) is 36.2 Å². The summed E-state index contributed by atoms with van der Waals surface area (Å²) >= 11 is 0. The van der Waals surface area contributed by atoms with Crippen molar-refractivity contribution >= 4 is 16.7 Å². The zero-order valence-corrected chi connectivity index (χ0v) is 17.8. The normalized spacial score (nSPS) is 17.4. The first-order chi connectivity index (χ1) is 15.3. The zero-order valence-electron chi connectivity index (χ0n) is 17.8. The van der Waals surface area contributed by atoms with Crippen molar-refractivity contribution in [1.82, 2.24) is 34.7 Å². The number of anilines is 1. The summed E-state index contributed by atoms with van der Waals surface area (Å²) in [6.45, 7) is 1.68. The van der Waals surface area contributed by atoms with E-state index in [-0.39, 0.29) is 6.04 Å². The fraction of sp³-hybridized carbons (Fsp3) is 0.429. The van der Waals surface area contributed by atoms with Crippen LogP contribution in [0.25, 0.3) is 33.8 Å². The predicted molar refractivity (Wildman–Crippen MR) is 114 cm³/mol. The summed E-state index contributed by atoms with van der Waals surface area (Å²) in [6, 6.07) is 5.58. The zero-order chi connectivity index (χ0) is 22.5. The number of H-pyrrole nitrogens is 1. The van der Waals surface area contributed by atoms with Gasteiger partial charge in [-0.3, -0.25) is 14.5 Å². The summed E-state index contributed by atoms with van der Waals surface area (Å²) in [6.07, 6.45) is 1.86. The van der Waals surface area contributed by atoms with Crippen LogP contribution in [0.1, 0.15) is 26.2 Å². The maximum absolute atomic E-state index is 13.5. The van der Waals surface area contributed by atoms with E-state index in [0.29, 0.717) is 33.8 Å².